The molecule has 27 heavy (non-hydrogen) atoms. The summed E-state index contributed by atoms with van der Waals surface area (Å²) >= 11 is 0.792. The molecule has 1 N–H and O–H groups in total. The Bertz CT molecular complexity index is 759. The standard InChI is InChI=1S/C20H23FN2O3S/c21-16-9-5-4-8-15(16)13-17-19(25)23(20(26)27-17)11-10-22-18(24)12-14-6-2-1-3-7-14/h4-5,8-9,13-14H,1-3,6-7,10-12H2,(H,22,24)/b17-13-. The van der Waals surface area contributed by atoms with E-state index in [2.05, 4.69) is 5.32 Å². The first-order valence-electron chi connectivity index (χ1n) is 9.31. The molecule has 1 heterocycles. The number of amides is 3. The number of nitrogens with one attached hydrogen (secondary N) is 1. The maximum absolute atomic E-state index is 13.7. The summed E-state index contributed by atoms with van der Waals surface area (Å²) in [6, 6.07) is 6.09. The van der Waals surface area contributed by atoms with E-state index >= 15 is 0 Å². The molecule has 1 aliphatic heterocycles. The van der Waals surface area contributed by atoms with Crippen LogP contribution in [0.1, 0.15) is 44.1 Å². The minimum atomic E-state index is -0.449. The second kappa shape index (κ2) is 9.17. The van der Waals surface area contributed by atoms with Gasteiger partial charge in [0, 0.05) is 25.1 Å². The first kappa shape index (κ1) is 19.6. The van der Waals surface area contributed by atoms with Gasteiger partial charge in [0.1, 0.15) is 5.82 Å². The molecule has 7 heteroatoms. The number of halogens is 1. The van der Waals surface area contributed by atoms with Crippen LogP contribution in [0.15, 0.2) is 29.2 Å². The van der Waals surface area contributed by atoms with E-state index in [-0.39, 0.29) is 29.5 Å². The lowest BCUT2D eigenvalue weighted by Crippen LogP contribution is -2.37. The van der Waals surface area contributed by atoms with Crippen molar-refractivity contribution in [2.75, 3.05) is 13.1 Å². The first-order chi connectivity index (χ1) is 13.0. The summed E-state index contributed by atoms with van der Waals surface area (Å²) in [6.45, 7) is 0.353. The summed E-state index contributed by atoms with van der Waals surface area (Å²) in [6.07, 6.45) is 7.70. The van der Waals surface area contributed by atoms with E-state index in [1.54, 1.807) is 18.2 Å². The van der Waals surface area contributed by atoms with Crippen LogP contribution in [0, 0.1) is 11.7 Å². The van der Waals surface area contributed by atoms with Gasteiger partial charge in [0.25, 0.3) is 11.1 Å². The number of nitrogens with zero attached hydrogens (tertiary/aromatic N) is 1. The van der Waals surface area contributed by atoms with E-state index in [1.807, 2.05) is 0 Å². The molecule has 0 atom stereocenters. The molecule has 1 aromatic rings. The lowest BCUT2D eigenvalue weighted by Gasteiger charge is -2.21. The van der Waals surface area contributed by atoms with Gasteiger partial charge in [-0.1, -0.05) is 37.5 Å². The van der Waals surface area contributed by atoms with Gasteiger partial charge in [-0.2, -0.15) is 0 Å². The molecule has 1 aliphatic carbocycles. The second-order valence-corrected chi connectivity index (χ2v) is 7.91. The molecule has 2 fully saturated rings. The van der Waals surface area contributed by atoms with Crippen LogP contribution in [0.4, 0.5) is 9.18 Å². The van der Waals surface area contributed by atoms with E-state index in [9.17, 15) is 18.8 Å². The summed E-state index contributed by atoms with van der Waals surface area (Å²) in [5.41, 5.74) is 0.267. The SMILES string of the molecule is O=C(CC1CCCCC1)NCCN1C(=O)S/C(=C\c2ccccc2F)C1=O. The number of carbonyl (C=O) groups excluding carboxylic acids is 3. The summed E-state index contributed by atoms with van der Waals surface area (Å²) < 4.78 is 13.7. The molecule has 2 aliphatic rings. The minimum Gasteiger partial charge on any atom is -0.354 e. The van der Waals surface area contributed by atoms with Crippen LogP contribution in [0.3, 0.4) is 0 Å². The molecule has 0 spiro atoms. The van der Waals surface area contributed by atoms with E-state index in [1.165, 1.54) is 31.4 Å². The highest BCUT2D eigenvalue weighted by atomic mass is 32.2. The third kappa shape index (κ3) is 5.19. The summed E-state index contributed by atoms with van der Waals surface area (Å²) in [5, 5.41) is 2.40. The second-order valence-electron chi connectivity index (χ2n) is 6.91. The van der Waals surface area contributed by atoms with Crippen molar-refractivity contribution in [3.63, 3.8) is 0 Å². The molecule has 3 amide bonds. The zero-order chi connectivity index (χ0) is 19.2. The topological polar surface area (TPSA) is 66.5 Å². The van der Waals surface area contributed by atoms with Crippen LogP contribution in [-0.2, 0) is 9.59 Å². The molecule has 0 unspecified atom stereocenters. The van der Waals surface area contributed by atoms with E-state index in [0.717, 1.165) is 29.5 Å². The molecule has 3 rings (SSSR count). The predicted octanol–water partition coefficient (Wildman–Crippen LogP) is 3.95. The van der Waals surface area contributed by atoms with Crippen molar-refractivity contribution in [1.82, 2.24) is 10.2 Å². The van der Waals surface area contributed by atoms with Crippen molar-refractivity contribution < 1.29 is 18.8 Å². The van der Waals surface area contributed by atoms with Gasteiger partial charge in [0.2, 0.25) is 5.91 Å². The van der Waals surface area contributed by atoms with Crippen molar-refractivity contribution >= 4 is 34.9 Å². The average Bonchev–Trinajstić information content (AvgIpc) is 2.92. The van der Waals surface area contributed by atoms with Crippen LogP contribution in [0.2, 0.25) is 0 Å². The maximum atomic E-state index is 13.7. The third-order valence-electron chi connectivity index (χ3n) is 4.92. The zero-order valence-corrected chi connectivity index (χ0v) is 15.9. The van der Waals surface area contributed by atoms with Gasteiger partial charge in [0.15, 0.2) is 0 Å². The number of rotatable bonds is 6. The fourth-order valence-corrected chi connectivity index (χ4v) is 4.31. The Hall–Kier alpha value is -2.15. The van der Waals surface area contributed by atoms with Gasteiger partial charge in [-0.3, -0.25) is 19.3 Å². The smallest absolute Gasteiger partial charge is 0.293 e. The predicted molar refractivity (Wildman–Crippen MR) is 103 cm³/mol. The molecule has 5 nitrogen and oxygen atoms in total. The summed E-state index contributed by atoms with van der Waals surface area (Å²) in [7, 11) is 0. The summed E-state index contributed by atoms with van der Waals surface area (Å²) in [5.74, 6) is -0.482. The minimum absolute atomic E-state index is 0.0317. The molecule has 0 bridgehead atoms. The van der Waals surface area contributed by atoms with Crippen molar-refractivity contribution in [3.8, 4) is 0 Å². The monoisotopic (exact) mass is 390 g/mol. The van der Waals surface area contributed by atoms with Crippen molar-refractivity contribution in [2.24, 2.45) is 5.92 Å². The van der Waals surface area contributed by atoms with Crippen LogP contribution in [0.5, 0.6) is 0 Å². The molecular formula is C20H23FN2O3S. The van der Waals surface area contributed by atoms with Crippen molar-refractivity contribution in [2.45, 2.75) is 38.5 Å². The van der Waals surface area contributed by atoms with Crippen LogP contribution < -0.4 is 5.32 Å². The molecule has 1 saturated heterocycles. The van der Waals surface area contributed by atoms with E-state index in [4.69, 9.17) is 0 Å². The van der Waals surface area contributed by atoms with Crippen molar-refractivity contribution in [3.05, 3.63) is 40.6 Å². The van der Waals surface area contributed by atoms with Gasteiger partial charge in [-0.25, -0.2) is 4.39 Å². The number of hydrogen-bond donors (Lipinski definition) is 1. The fourth-order valence-electron chi connectivity index (χ4n) is 3.46. The highest BCUT2D eigenvalue weighted by molar-refractivity contribution is 8.18. The summed E-state index contributed by atoms with van der Waals surface area (Å²) in [4.78, 5) is 37.8. The Balaban J connectivity index is 1.50. The van der Waals surface area contributed by atoms with Gasteiger partial charge < -0.3 is 5.32 Å². The molecular weight excluding hydrogens is 367 g/mol. The van der Waals surface area contributed by atoms with E-state index in [0.29, 0.717) is 12.3 Å². The number of carbonyl (C=O) groups is 3. The molecule has 144 valence electrons. The maximum Gasteiger partial charge on any atom is 0.293 e. The number of thioether (sulfide) groups is 1. The Kier molecular flexibility index (Phi) is 6.66. The molecule has 1 saturated carbocycles. The largest absolute Gasteiger partial charge is 0.354 e. The number of imide groups is 1. The van der Waals surface area contributed by atoms with Gasteiger partial charge in [-0.15, -0.1) is 0 Å². The van der Waals surface area contributed by atoms with Crippen LogP contribution in [0.25, 0.3) is 6.08 Å². The Morgan fingerprint density at radius 2 is 1.96 bits per heavy atom. The van der Waals surface area contributed by atoms with Gasteiger partial charge in [-0.05, 0) is 42.7 Å². The Morgan fingerprint density at radius 1 is 1.22 bits per heavy atom. The lowest BCUT2D eigenvalue weighted by molar-refractivity contribution is -0.124. The number of benzene rings is 1. The highest BCUT2D eigenvalue weighted by Gasteiger charge is 2.34. The molecule has 1 aromatic carbocycles. The molecule has 0 aromatic heterocycles. The van der Waals surface area contributed by atoms with Crippen LogP contribution in [-0.4, -0.2) is 35.0 Å². The average molecular weight is 390 g/mol. The Morgan fingerprint density at radius 3 is 2.70 bits per heavy atom. The normalized spacial score (nSPS) is 19.7. The van der Waals surface area contributed by atoms with E-state index < -0.39 is 17.0 Å². The first-order valence-corrected chi connectivity index (χ1v) is 10.1. The molecule has 0 radical (unpaired) electrons. The van der Waals surface area contributed by atoms with Crippen molar-refractivity contribution in [1.29, 1.82) is 0 Å². The fraction of sp³-hybridized carbons (Fsp3) is 0.450. The lowest BCUT2D eigenvalue weighted by atomic mass is 9.87. The Labute approximate surface area is 162 Å². The number of hydrogen-bond acceptors (Lipinski definition) is 4. The van der Waals surface area contributed by atoms with Crippen LogP contribution >= 0.6 is 11.8 Å². The van der Waals surface area contributed by atoms with Gasteiger partial charge >= 0.3 is 0 Å². The quantitative estimate of drug-likeness (QED) is 0.747. The third-order valence-corrected chi connectivity index (χ3v) is 5.83. The van der Waals surface area contributed by atoms with Gasteiger partial charge in [0.05, 0.1) is 4.91 Å². The zero-order valence-electron chi connectivity index (χ0n) is 15.1. The highest BCUT2D eigenvalue weighted by Crippen LogP contribution is 2.32.